The van der Waals surface area contributed by atoms with Gasteiger partial charge in [-0.25, -0.2) is 0 Å². The molecular weight excluding hydrogens is 264 g/mol. The first-order valence-electron chi connectivity index (χ1n) is 6.74. The summed E-state index contributed by atoms with van der Waals surface area (Å²) in [4.78, 5) is 11.5. The minimum Gasteiger partial charge on any atom is -0.481 e. The minimum atomic E-state index is -0.730. The number of carbonyl (C=O) groups is 1. The van der Waals surface area contributed by atoms with Crippen LogP contribution in [0.1, 0.15) is 42.7 Å². The minimum absolute atomic E-state index is 0.351. The molecule has 2 fully saturated rings. The van der Waals surface area contributed by atoms with E-state index < -0.39 is 11.4 Å². The standard InChI is InChI=1S/C15H17ClO3/c16-13-8-11(15(14(17)18)5-1-6-15)2-3-12(13)10-4-7-19-9-10/h2-3,8,10H,1,4-7,9H2,(H,17,18). The monoisotopic (exact) mass is 280 g/mol. The van der Waals surface area contributed by atoms with Gasteiger partial charge in [0.2, 0.25) is 0 Å². The van der Waals surface area contributed by atoms with Gasteiger partial charge in [-0.05, 0) is 36.5 Å². The van der Waals surface area contributed by atoms with Gasteiger partial charge in [0.15, 0.2) is 0 Å². The van der Waals surface area contributed by atoms with E-state index in [-0.39, 0.29) is 0 Å². The molecule has 1 aromatic carbocycles. The van der Waals surface area contributed by atoms with Gasteiger partial charge in [-0.1, -0.05) is 30.2 Å². The zero-order valence-electron chi connectivity index (χ0n) is 10.7. The Kier molecular flexibility index (Phi) is 3.27. The Balaban J connectivity index is 1.92. The predicted octanol–water partition coefficient (Wildman–Crippen LogP) is 3.35. The number of hydrogen-bond donors (Lipinski definition) is 1. The van der Waals surface area contributed by atoms with Gasteiger partial charge in [0.1, 0.15) is 0 Å². The Morgan fingerprint density at radius 1 is 1.42 bits per heavy atom. The Morgan fingerprint density at radius 3 is 2.68 bits per heavy atom. The molecule has 1 aromatic rings. The van der Waals surface area contributed by atoms with E-state index in [0.29, 0.717) is 30.4 Å². The molecule has 3 nitrogen and oxygen atoms in total. The van der Waals surface area contributed by atoms with Gasteiger partial charge in [0.25, 0.3) is 0 Å². The molecule has 1 heterocycles. The Hall–Kier alpha value is -1.06. The summed E-state index contributed by atoms with van der Waals surface area (Å²) in [6.07, 6.45) is 3.39. The first kappa shape index (κ1) is 12.9. The van der Waals surface area contributed by atoms with Crippen molar-refractivity contribution < 1.29 is 14.6 Å². The van der Waals surface area contributed by atoms with Crippen LogP contribution in [0.3, 0.4) is 0 Å². The van der Waals surface area contributed by atoms with Crippen molar-refractivity contribution in [3.63, 3.8) is 0 Å². The van der Waals surface area contributed by atoms with Crippen molar-refractivity contribution >= 4 is 17.6 Å². The largest absolute Gasteiger partial charge is 0.481 e. The number of carboxylic acid groups (broad SMARTS) is 1. The molecule has 1 saturated carbocycles. The van der Waals surface area contributed by atoms with Crippen LogP contribution in [-0.2, 0) is 14.9 Å². The molecule has 102 valence electrons. The second kappa shape index (κ2) is 4.80. The molecule has 1 saturated heterocycles. The van der Waals surface area contributed by atoms with Crippen molar-refractivity contribution in [3.8, 4) is 0 Å². The quantitative estimate of drug-likeness (QED) is 0.923. The summed E-state index contributed by atoms with van der Waals surface area (Å²) in [5.74, 6) is -0.379. The van der Waals surface area contributed by atoms with Crippen LogP contribution in [0.5, 0.6) is 0 Å². The molecule has 1 atom stereocenters. The molecule has 1 unspecified atom stereocenters. The first-order valence-corrected chi connectivity index (χ1v) is 7.12. The van der Waals surface area contributed by atoms with E-state index in [1.807, 2.05) is 18.2 Å². The summed E-state index contributed by atoms with van der Waals surface area (Å²) in [5.41, 5.74) is 1.23. The molecule has 0 amide bonds. The molecule has 0 radical (unpaired) electrons. The van der Waals surface area contributed by atoms with Crippen molar-refractivity contribution in [2.24, 2.45) is 0 Å². The Morgan fingerprint density at radius 2 is 2.21 bits per heavy atom. The second-order valence-electron chi connectivity index (χ2n) is 5.54. The number of hydrogen-bond acceptors (Lipinski definition) is 2. The third-order valence-electron chi connectivity index (χ3n) is 4.54. The maximum absolute atomic E-state index is 11.5. The molecule has 4 heteroatoms. The highest BCUT2D eigenvalue weighted by Gasteiger charge is 2.46. The fourth-order valence-electron chi connectivity index (χ4n) is 3.09. The van der Waals surface area contributed by atoms with E-state index in [4.69, 9.17) is 16.3 Å². The molecule has 19 heavy (non-hydrogen) atoms. The second-order valence-corrected chi connectivity index (χ2v) is 5.94. The summed E-state index contributed by atoms with van der Waals surface area (Å²) in [7, 11) is 0. The number of carboxylic acids is 1. The van der Waals surface area contributed by atoms with Gasteiger partial charge in [-0.3, -0.25) is 4.79 Å². The molecule has 2 aliphatic rings. The summed E-state index contributed by atoms with van der Waals surface area (Å²) in [6, 6.07) is 5.77. The Bertz CT molecular complexity index is 502. The highest BCUT2D eigenvalue weighted by molar-refractivity contribution is 6.31. The summed E-state index contributed by atoms with van der Waals surface area (Å²) in [5, 5.41) is 10.1. The van der Waals surface area contributed by atoms with Crippen LogP contribution in [0.15, 0.2) is 18.2 Å². The smallest absolute Gasteiger partial charge is 0.314 e. The maximum atomic E-state index is 11.5. The van der Waals surface area contributed by atoms with Crippen LogP contribution in [0.2, 0.25) is 5.02 Å². The lowest BCUT2D eigenvalue weighted by Gasteiger charge is -2.38. The van der Waals surface area contributed by atoms with Gasteiger partial charge >= 0.3 is 5.97 Å². The molecule has 0 bridgehead atoms. The SMILES string of the molecule is O=C(O)C1(c2ccc(C3CCOC3)c(Cl)c2)CCC1. The third kappa shape index (κ3) is 2.05. The van der Waals surface area contributed by atoms with Gasteiger partial charge in [0.05, 0.1) is 12.0 Å². The number of benzene rings is 1. The topological polar surface area (TPSA) is 46.5 Å². The van der Waals surface area contributed by atoms with Crippen molar-refractivity contribution in [1.29, 1.82) is 0 Å². The number of ether oxygens (including phenoxy) is 1. The zero-order chi connectivity index (χ0) is 13.5. The molecule has 1 N–H and O–H groups in total. The van der Waals surface area contributed by atoms with E-state index in [0.717, 1.165) is 30.6 Å². The lowest BCUT2D eigenvalue weighted by Crippen LogP contribution is -2.42. The zero-order valence-corrected chi connectivity index (χ0v) is 11.4. The molecule has 0 aromatic heterocycles. The highest BCUT2D eigenvalue weighted by Crippen LogP contribution is 2.45. The van der Waals surface area contributed by atoms with E-state index >= 15 is 0 Å². The average molecular weight is 281 g/mol. The van der Waals surface area contributed by atoms with Gasteiger partial charge in [-0.2, -0.15) is 0 Å². The van der Waals surface area contributed by atoms with Gasteiger partial charge < -0.3 is 9.84 Å². The van der Waals surface area contributed by atoms with E-state index in [1.54, 1.807) is 0 Å². The number of aliphatic carboxylic acids is 1. The summed E-state index contributed by atoms with van der Waals surface area (Å²) < 4.78 is 5.38. The van der Waals surface area contributed by atoms with Gasteiger partial charge in [0, 0.05) is 17.5 Å². The van der Waals surface area contributed by atoms with Crippen LogP contribution in [-0.4, -0.2) is 24.3 Å². The summed E-state index contributed by atoms with van der Waals surface area (Å²) in [6.45, 7) is 1.49. The summed E-state index contributed by atoms with van der Waals surface area (Å²) >= 11 is 6.35. The lowest BCUT2D eigenvalue weighted by atomic mass is 9.64. The fourth-order valence-corrected chi connectivity index (χ4v) is 3.43. The predicted molar refractivity (Wildman–Crippen MR) is 72.8 cm³/mol. The third-order valence-corrected chi connectivity index (χ3v) is 4.87. The molecular formula is C15H17ClO3. The fraction of sp³-hybridized carbons (Fsp3) is 0.533. The van der Waals surface area contributed by atoms with E-state index in [2.05, 4.69) is 0 Å². The average Bonchev–Trinajstić information content (AvgIpc) is 2.80. The normalized spacial score (nSPS) is 25.0. The highest BCUT2D eigenvalue weighted by atomic mass is 35.5. The van der Waals surface area contributed by atoms with E-state index in [9.17, 15) is 9.90 Å². The van der Waals surface area contributed by atoms with Crippen molar-refractivity contribution in [3.05, 3.63) is 34.3 Å². The maximum Gasteiger partial charge on any atom is 0.314 e. The van der Waals surface area contributed by atoms with Gasteiger partial charge in [-0.15, -0.1) is 0 Å². The molecule has 3 rings (SSSR count). The van der Waals surface area contributed by atoms with Crippen molar-refractivity contribution in [1.82, 2.24) is 0 Å². The molecule has 0 spiro atoms. The van der Waals surface area contributed by atoms with E-state index in [1.165, 1.54) is 0 Å². The van der Waals surface area contributed by atoms with Crippen LogP contribution in [0, 0.1) is 0 Å². The van der Waals surface area contributed by atoms with Crippen LogP contribution in [0.25, 0.3) is 0 Å². The first-order chi connectivity index (χ1) is 9.13. The van der Waals surface area contributed by atoms with Crippen LogP contribution in [0.4, 0.5) is 0 Å². The van der Waals surface area contributed by atoms with Crippen LogP contribution < -0.4 is 0 Å². The lowest BCUT2D eigenvalue weighted by molar-refractivity contribution is -0.147. The molecule has 1 aliphatic heterocycles. The number of rotatable bonds is 3. The Labute approximate surface area is 117 Å². The molecule has 1 aliphatic carbocycles. The van der Waals surface area contributed by atoms with Crippen molar-refractivity contribution in [2.75, 3.05) is 13.2 Å². The van der Waals surface area contributed by atoms with Crippen molar-refractivity contribution in [2.45, 2.75) is 37.0 Å². The number of halogens is 1. The van der Waals surface area contributed by atoms with Crippen LogP contribution >= 0.6 is 11.6 Å².